The fourth-order valence-electron chi connectivity index (χ4n) is 3.95. The maximum Gasteiger partial charge on any atom is 0.272 e. The number of amides is 2. The summed E-state index contributed by atoms with van der Waals surface area (Å²) in [6.45, 7) is 9.92. The van der Waals surface area contributed by atoms with Crippen LogP contribution in [0.15, 0.2) is 0 Å². The molecule has 2 aliphatic rings. The number of fused-ring (bicyclic) bond motifs is 3. The van der Waals surface area contributed by atoms with E-state index in [1.165, 1.54) is 0 Å². The molecule has 7 nitrogen and oxygen atoms in total. The fourth-order valence-corrected chi connectivity index (χ4v) is 3.95. The number of aryl methyl sites for hydroxylation is 1. The third-order valence-electron chi connectivity index (χ3n) is 5.63. The van der Waals surface area contributed by atoms with Crippen molar-refractivity contribution in [1.82, 2.24) is 20.4 Å². The number of aliphatic hydroxyl groups is 1. The average molecular weight is 377 g/mol. The molecule has 3 N–H and O–H groups in total. The third-order valence-corrected chi connectivity index (χ3v) is 5.63. The topological polar surface area (TPSA) is 96.3 Å². The van der Waals surface area contributed by atoms with Crippen molar-refractivity contribution in [1.29, 1.82) is 0 Å². The molecule has 3 rings (SSSR count). The highest BCUT2D eigenvalue weighted by Gasteiger charge is 2.50. The summed E-state index contributed by atoms with van der Waals surface area (Å²) in [6, 6.07) is -0.636. The van der Waals surface area contributed by atoms with Crippen LogP contribution in [-0.4, -0.2) is 45.4 Å². The monoisotopic (exact) mass is 376 g/mol. The number of aromatic nitrogens is 2. The van der Waals surface area contributed by atoms with E-state index < -0.39 is 17.1 Å². The Balaban J connectivity index is 1.85. The molecule has 7 heteroatoms. The van der Waals surface area contributed by atoms with Gasteiger partial charge in [0.25, 0.3) is 5.91 Å². The van der Waals surface area contributed by atoms with Gasteiger partial charge in [-0.2, -0.15) is 5.10 Å². The van der Waals surface area contributed by atoms with Crippen molar-refractivity contribution < 1.29 is 14.7 Å². The summed E-state index contributed by atoms with van der Waals surface area (Å²) in [4.78, 5) is 25.3. The van der Waals surface area contributed by atoms with Gasteiger partial charge in [-0.15, -0.1) is 0 Å². The molecule has 0 aliphatic heterocycles. The molecule has 27 heavy (non-hydrogen) atoms. The second-order valence-corrected chi connectivity index (χ2v) is 9.69. The minimum absolute atomic E-state index is 0.211. The van der Waals surface area contributed by atoms with Crippen molar-refractivity contribution in [3.8, 4) is 0 Å². The Bertz CT molecular complexity index is 755. The molecule has 0 spiro atoms. The van der Waals surface area contributed by atoms with Gasteiger partial charge in [0, 0.05) is 30.8 Å². The maximum absolute atomic E-state index is 13.0. The van der Waals surface area contributed by atoms with Gasteiger partial charge in [-0.05, 0) is 44.4 Å². The highest BCUT2D eigenvalue weighted by atomic mass is 16.3. The van der Waals surface area contributed by atoms with E-state index >= 15 is 0 Å². The minimum Gasteiger partial charge on any atom is -0.390 e. The zero-order valence-corrected chi connectivity index (χ0v) is 17.2. The van der Waals surface area contributed by atoms with Crippen LogP contribution in [0, 0.1) is 11.3 Å². The van der Waals surface area contributed by atoms with Gasteiger partial charge in [0.2, 0.25) is 5.91 Å². The van der Waals surface area contributed by atoms with Crippen molar-refractivity contribution >= 4 is 11.8 Å². The Morgan fingerprint density at radius 1 is 1.30 bits per heavy atom. The van der Waals surface area contributed by atoms with E-state index in [1.54, 1.807) is 20.9 Å². The van der Waals surface area contributed by atoms with Gasteiger partial charge in [-0.1, -0.05) is 20.8 Å². The number of likely N-dealkylation sites (N-methyl/N-ethyl adjacent to an activating group) is 1. The molecule has 1 aromatic heterocycles. The summed E-state index contributed by atoms with van der Waals surface area (Å²) in [5, 5.41) is 20.2. The predicted molar refractivity (Wildman–Crippen MR) is 102 cm³/mol. The number of hydrogen-bond acceptors (Lipinski definition) is 4. The van der Waals surface area contributed by atoms with Crippen molar-refractivity contribution in [2.75, 3.05) is 7.05 Å². The van der Waals surface area contributed by atoms with Crippen LogP contribution in [0.25, 0.3) is 0 Å². The van der Waals surface area contributed by atoms with Crippen molar-refractivity contribution in [2.45, 2.75) is 78.0 Å². The SMILES string of the molecule is CNC(=O)[C@@H](NC(=O)c1nn(CCC(C)(C)O)c2c1C[C@H]1C[C@@H]21)C(C)(C)C. The van der Waals surface area contributed by atoms with Crippen LogP contribution < -0.4 is 10.6 Å². The first-order valence-electron chi connectivity index (χ1n) is 9.77. The van der Waals surface area contributed by atoms with Gasteiger partial charge < -0.3 is 15.7 Å². The zero-order valence-electron chi connectivity index (χ0n) is 17.2. The normalized spacial score (nSPS) is 22.0. The van der Waals surface area contributed by atoms with Gasteiger partial charge in [0.15, 0.2) is 5.69 Å². The largest absolute Gasteiger partial charge is 0.390 e. The summed E-state index contributed by atoms with van der Waals surface area (Å²) >= 11 is 0. The smallest absolute Gasteiger partial charge is 0.272 e. The summed E-state index contributed by atoms with van der Waals surface area (Å²) in [7, 11) is 1.57. The van der Waals surface area contributed by atoms with Crippen molar-refractivity contribution in [3.63, 3.8) is 0 Å². The van der Waals surface area contributed by atoms with E-state index in [2.05, 4.69) is 15.7 Å². The molecule has 1 aromatic rings. The summed E-state index contributed by atoms with van der Waals surface area (Å²) in [6.07, 6.45) is 2.61. The Morgan fingerprint density at radius 3 is 2.52 bits per heavy atom. The Hall–Kier alpha value is -1.89. The van der Waals surface area contributed by atoms with Crippen LogP contribution in [0.4, 0.5) is 0 Å². The lowest BCUT2D eigenvalue weighted by Gasteiger charge is -2.29. The Morgan fingerprint density at radius 2 is 1.96 bits per heavy atom. The number of carbonyl (C=O) groups excluding carboxylic acids is 2. The van der Waals surface area contributed by atoms with Crippen LogP contribution in [0.5, 0.6) is 0 Å². The molecule has 150 valence electrons. The molecular formula is C20H32N4O3. The van der Waals surface area contributed by atoms with Gasteiger partial charge in [-0.3, -0.25) is 14.3 Å². The number of hydrogen-bond donors (Lipinski definition) is 3. The van der Waals surface area contributed by atoms with Crippen molar-refractivity contribution in [2.24, 2.45) is 11.3 Å². The molecule has 0 saturated heterocycles. The van der Waals surface area contributed by atoms with E-state index in [1.807, 2.05) is 25.5 Å². The molecule has 0 unspecified atom stereocenters. The number of nitrogens with one attached hydrogen (secondary N) is 2. The number of carbonyl (C=O) groups is 2. The zero-order chi connectivity index (χ0) is 20.1. The van der Waals surface area contributed by atoms with Gasteiger partial charge in [-0.25, -0.2) is 0 Å². The minimum atomic E-state index is -0.778. The summed E-state index contributed by atoms with van der Waals surface area (Å²) in [5.74, 6) is 0.610. The standard InChI is InChI=1S/C20H32N4O3/c1-19(2,3)16(18(26)21-6)22-17(25)14-13-10-11-9-12(11)15(13)24(23-14)8-7-20(4,5)27/h11-12,16,27H,7-10H2,1-6H3,(H,21,26)(H,22,25)/t11-,12-,16-/m1/s1. The average Bonchev–Trinajstić information content (AvgIpc) is 3.05. The molecule has 0 radical (unpaired) electrons. The maximum atomic E-state index is 13.0. The molecule has 2 aliphatic carbocycles. The molecule has 2 amide bonds. The van der Waals surface area contributed by atoms with E-state index in [9.17, 15) is 14.7 Å². The molecule has 0 bridgehead atoms. The molecule has 0 aromatic carbocycles. The first kappa shape index (κ1) is 19.9. The van der Waals surface area contributed by atoms with E-state index in [-0.39, 0.29) is 11.8 Å². The van der Waals surface area contributed by atoms with Crippen LogP contribution in [0.3, 0.4) is 0 Å². The quantitative estimate of drug-likeness (QED) is 0.702. The van der Waals surface area contributed by atoms with Crippen LogP contribution in [0.2, 0.25) is 0 Å². The fraction of sp³-hybridized carbons (Fsp3) is 0.750. The number of rotatable bonds is 6. The Labute approximate surface area is 160 Å². The third kappa shape index (κ3) is 4.03. The molecule has 1 fully saturated rings. The Kier molecular flexibility index (Phi) is 4.87. The molecule has 1 saturated carbocycles. The van der Waals surface area contributed by atoms with Crippen LogP contribution in [-0.2, 0) is 17.8 Å². The van der Waals surface area contributed by atoms with Gasteiger partial charge in [0.05, 0.1) is 5.60 Å². The van der Waals surface area contributed by atoms with E-state index in [0.717, 1.165) is 24.1 Å². The van der Waals surface area contributed by atoms with Crippen LogP contribution in [0.1, 0.15) is 75.1 Å². The first-order chi connectivity index (χ1) is 12.4. The lowest BCUT2D eigenvalue weighted by atomic mass is 9.86. The molecule has 3 atom stereocenters. The molecule has 1 heterocycles. The van der Waals surface area contributed by atoms with Crippen LogP contribution >= 0.6 is 0 Å². The lowest BCUT2D eigenvalue weighted by Crippen LogP contribution is -2.53. The molecular weight excluding hydrogens is 344 g/mol. The summed E-state index contributed by atoms with van der Waals surface area (Å²) < 4.78 is 1.91. The second kappa shape index (κ2) is 6.62. The van der Waals surface area contributed by atoms with Gasteiger partial charge >= 0.3 is 0 Å². The number of nitrogens with zero attached hydrogens (tertiary/aromatic N) is 2. The second-order valence-electron chi connectivity index (χ2n) is 9.69. The van der Waals surface area contributed by atoms with E-state index in [4.69, 9.17) is 0 Å². The highest BCUT2D eigenvalue weighted by Crippen LogP contribution is 2.57. The van der Waals surface area contributed by atoms with E-state index in [0.29, 0.717) is 30.5 Å². The lowest BCUT2D eigenvalue weighted by molar-refractivity contribution is -0.124. The predicted octanol–water partition coefficient (Wildman–Crippen LogP) is 1.59. The van der Waals surface area contributed by atoms with Gasteiger partial charge in [0.1, 0.15) is 6.04 Å². The summed E-state index contributed by atoms with van der Waals surface area (Å²) in [5.41, 5.74) is 1.42. The van der Waals surface area contributed by atoms with Crippen molar-refractivity contribution in [3.05, 3.63) is 17.0 Å². The first-order valence-corrected chi connectivity index (χ1v) is 9.77. The highest BCUT2D eigenvalue weighted by molar-refractivity contribution is 5.98.